The minimum Gasteiger partial charge on any atom is -0.493 e. The molecule has 0 aromatic heterocycles. The van der Waals surface area contributed by atoms with Crippen LogP contribution in [0.4, 0.5) is 0 Å². The molecule has 1 saturated carbocycles. The third kappa shape index (κ3) is 2.75. The van der Waals surface area contributed by atoms with Gasteiger partial charge in [0.1, 0.15) is 5.75 Å². The van der Waals surface area contributed by atoms with Crippen LogP contribution < -0.4 is 4.74 Å². The van der Waals surface area contributed by atoms with Crippen molar-refractivity contribution in [3.05, 3.63) is 28.8 Å². The standard InChI is InChI=1S/C13H17BrO/c1-9-5-10(2)12(7-14)13(6-9)15-8-11-3-4-11/h5-6,11H,3-4,7-8H2,1-2H3. The summed E-state index contributed by atoms with van der Waals surface area (Å²) in [5.74, 6) is 1.88. The second-order valence-electron chi connectivity index (χ2n) is 4.45. The van der Waals surface area contributed by atoms with Gasteiger partial charge in [-0.3, -0.25) is 0 Å². The Morgan fingerprint density at radius 3 is 2.67 bits per heavy atom. The lowest BCUT2D eigenvalue weighted by atomic mass is 10.1. The number of hydrogen-bond donors (Lipinski definition) is 0. The van der Waals surface area contributed by atoms with Gasteiger partial charge in [-0.1, -0.05) is 22.0 Å². The van der Waals surface area contributed by atoms with E-state index in [2.05, 4.69) is 41.9 Å². The Morgan fingerprint density at radius 1 is 1.33 bits per heavy atom. The lowest BCUT2D eigenvalue weighted by molar-refractivity contribution is 0.297. The fourth-order valence-electron chi connectivity index (χ4n) is 1.75. The summed E-state index contributed by atoms with van der Waals surface area (Å²) in [6, 6.07) is 4.35. The van der Waals surface area contributed by atoms with Gasteiger partial charge >= 0.3 is 0 Å². The van der Waals surface area contributed by atoms with Crippen molar-refractivity contribution >= 4 is 15.9 Å². The Balaban J connectivity index is 2.17. The number of benzene rings is 1. The van der Waals surface area contributed by atoms with E-state index in [1.807, 2.05) is 0 Å². The van der Waals surface area contributed by atoms with E-state index in [-0.39, 0.29) is 0 Å². The van der Waals surface area contributed by atoms with Crippen LogP contribution in [0.15, 0.2) is 12.1 Å². The van der Waals surface area contributed by atoms with Gasteiger partial charge in [-0.05, 0) is 49.8 Å². The molecule has 15 heavy (non-hydrogen) atoms. The van der Waals surface area contributed by atoms with E-state index in [4.69, 9.17) is 4.74 Å². The Morgan fingerprint density at radius 2 is 2.07 bits per heavy atom. The second kappa shape index (κ2) is 4.56. The van der Waals surface area contributed by atoms with Gasteiger partial charge in [-0.25, -0.2) is 0 Å². The first-order valence-electron chi connectivity index (χ1n) is 5.49. The van der Waals surface area contributed by atoms with Gasteiger partial charge in [-0.15, -0.1) is 0 Å². The minimum absolute atomic E-state index is 0.814. The first kappa shape index (κ1) is 11.0. The molecule has 0 saturated heterocycles. The highest BCUT2D eigenvalue weighted by atomic mass is 79.9. The largest absolute Gasteiger partial charge is 0.493 e. The molecule has 1 fully saturated rings. The predicted molar refractivity (Wildman–Crippen MR) is 66.8 cm³/mol. The number of hydrogen-bond acceptors (Lipinski definition) is 1. The maximum atomic E-state index is 5.88. The monoisotopic (exact) mass is 268 g/mol. The quantitative estimate of drug-likeness (QED) is 0.751. The third-order valence-corrected chi connectivity index (χ3v) is 3.44. The Labute approximate surface area is 100.0 Å². The zero-order valence-corrected chi connectivity index (χ0v) is 10.9. The molecule has 0 spiro atoms. The van der Waals surface area contributed by atoms with E-state index >= 15 is 0 Å². The molecule has 1 aromatic rings. The summed E-state index contributed by atoms with van der Waals surface area (Å²) < 4.78 is 5.88. The molecule has 0 unspecified atom stereocenters. The molecule has 82 valence electrons. The van der Waals surface area contributed by atoms with Crippen molar-refractivity contribution in [1.29, 1.82) is 0 Å². The molecule has 1 nitrogen and oxygen atoms in total. The van der Waals surface area contributed by atoms with Crippen LogP contribution in [-0.4, -0.2) is 6.61 Å². The molecule has 1 aromatic carbocycles. The molecule has 0 amide bonds. The smallest absolute Gasteiger partial charge is 0.123 e. The lowest BCUT2D eigenvalue weighted by Crippen LogP contribution is -2.02. The zero-order valence-electron chi connectivity index (χ0n) is 9.35. The van der Waals surface area contributed by atoms with E-state index < -0.39 is 0 Å². The van der Waals surface area contributed by atoms with E-state index in [1.165, 1.54) is 29.5 Å². The summed E-state index contributed by atoms with van der Waals surface area (Å²) in [7, 11) is 0. The fourth-order valence-corrected chi connectivity index (χ4v) is 2.47. The molecule has 0 heterocycles. The van der Waals surface area contributed by atoms with Crippen LogP contribution in [0.1, 0.15) is 29.5 Å². The average Bonchev–Trinajstić information content (AvgIpc) is 2.97. The molecule has 1 aliphatic rings. The van der Waals surface area contributed by atoms with Crippen molar-refractivity contribution < 1.29 is 4.74 Å². The van der Waals surface area contributed by atoms with Crippen LogP contribution >= 0.6 is 15.9 Å². The summed E-state index contributed by atoms with van der Waals surface area (Å²) in [4.78, 5) is 0. The van der Waals surface area contributed by atoms with Gasteiger partial charge < -0.3 is 4.74 Å². The summed E-state index contributed by atoms with van der Waals surface area (Å²) in [5.41, 5.74) is 3.89. The SMILES string of the molecule is Cc1cc(C)c(CBr)c(OCC2CC2)c1. The first-order chi connectivity index (χ1) is 7.20. The molecule has 2 heteroatoms. The van der Waals surface area contributed by atoms with Gasteiger partial charge in [-0.2, -0.15) is 0 Å². The highest BCUT2D eigenvalue weighted by molar-refractivity contribution is 9.08. The van der Waals surface area contributed by atoms with Crippen LogP contribution in [0.2, 0.25) is 0 Å². The van der Waals surface area contributed by atoms with Gasteiger partial charge in [0.15, 0.2) is 0 Å². The van der Waals surface area contributed by atoms with Crippen molar-refractivity contribution in [1.82, 2.24) is 0 Å². The lowest BCUT2D eigenvalue weighted by Gasteiger charge is -2.13. The van der Waals surface area contributed by atoms with Gasteiger partial charge in [0.2, 0.25) is 0 Å². The van der Waals surface area contributed by atoms with Crippen LogP contribution in [-0.2, 0) is 5.33 Å². The van der Waals surface area contributed by atoms with Crippen LogP contribution in [0.3, 0.4) is 0 Å². The van der Waals surface area contributed by atoms with Crippen molar-refractivity contribution in [2.75, 3.05) is 6.61 Å². The van der Waals surface area contributed by atoms with Crippen molar-refractivity contribution in [3.63, 3.8) is 0 Å². The molecule has 0 aliphatic heterocycles. The highest BCUT2D eigenvalue weighted by Crippen LogP contribution is 2.32. The van der Waals surface area contributed by atoms with E-state index in [1.54, 1.807) is 0 Å². The molecular formula is C13H17BrO. The third-order valence-electron chi connectivity index (χ3n) is 2.88. The maximum Gasteiger partial charge on any atom is 0.123 e. The van der Waals surface area contributed by atoms with Crippen molar-refractivity contribution in [2.45, 2.75) is 32.0 Å². The van der Waals surface area contributed by atoms with Crippen LogP contribution in [0.25, 0.3) is 0 Å². The van der Waals surface area contributed by atoms with E-state index in [0.29, 0.717) is 0 Å². The molecule has 0 radical (unpaired) electrons. The molecular weight excluding hydrogens is 252 g/mol. The average molecular weight is 269 g/mol. The molecule has 0 atom stereocenters. The van der Waals surface area contributed by atoms with Crippen LogP contribution in [0.5, 0.6) is 5.75 Å². The zero-order chi connectivity index (χ0) is 10.8. The summed E-state index contributed by atoms with van der Waals surface area (Å²) in [6.45, 7) is 5.16. The fraction of sp³-hybridized carbons (Fsp3) is 0.538. The van der Waals surface area contributed by atoms with E-state index in [0.717, 1.165) is 23.6 Å². The summed E-state index contributed by atoms with van der Waals surface area (Å²) >= 11 is 3.53. The number of aryl methyl sites for hydroxylation is 2. The summed E-state index contributed by atoms with van der Waals surface area (Å²) in [5, 5.41) is 0.874. The Kier molecular flexibility index (Phi) is 3.35. The topological polar surface area (TPSA) is 9.23 Å². The number of ether oxygens (including phenoxy) is 1. The number of alkyl halides is 1. The number of halogens is 1. The first-order valence-corrected chi connectivity index (χ1v) is 6.61. The molecule has 2 rings (SSSR count). The minimum atomic E-state index is 0.814. The van der Waals surface area contributed by atoms with Crippen molar-refractivity contribution in [2.24, 2.45) is 5.92 Å². The normalized spacial score (nSPS) is 15.4. The van der Waals surface area contributed by atoms with Gasteiger partial charge in [0.25, 0.3) is 0 Å². The van der Waals surface area contributed by atoms with Crippen LogP contribution in [0, 0.1) is 19.8 Å². The molecule has 0 N–H and O–H groups in total. The van der Waals surface area contributed by atoms with Gasteiger partial charge in [0.05, 0.1) is 6.61 Å². The Bertz CT molecular complexity index is 356. The van der Waals surface area contributed by atoms with E-state index in [9.17, 15) is 0 Å². The van der Waals surface area contributed by atoms with Crippen molar-refractivity contribution in [3.8, 4) is 5.75 Å². The second-order valence-corrected chi connectivity index (χ2v) is 5.01. The predicted octanol–water partition coefficient (Wildman–Crippen LogP) is 3.99. The summed E-state index contributed by atoms with van der Waals surface area (Å²) in [6.07, 6.45) is 2.68. The molecule has 0 bridgehead atoms. The highest BCUT2D eigenvalue weighted by Gasteiger charge is 2.22. The Hall–Kier alpha value is -0.500. The van der Waals surface area contributed by atoms with Gasteiger partial charge in [0, 0.05) is 10.9 Å². The molecule has 1 aliphatic carbocycles. The number of rotatable bonds is 4. The maximum absolute atomic E-state index is 5.88.